The molecular weight excluding hydrogens is 224 g/mol. The van der Waals surface area contributed by atoms with Gasteiger partial charge in [0.05, 0.1) is 12.0 Å². The Morgan fingerprint density at radius 3 is 2.56 bits per heavy atom. The van der Waals surface area contributed by atoms with Crippen molar-refractivity contribution in [3.8, 4) is 5.75 Å². The number of ether oxygens (including phenoxy) is 1. The lowest BCUT2D eigenvalue weighted by atomic mass is 9.96. The van der Waals surface area contributed by atoms with E-state index in [0.29, 0.717) is 16.6 Å². The molecule has 1 rings (SSSR count). The summed E-state index contributed by atoms with van der Waals surface area (Å²) in [6, 6.07) is 5.07. The maximum atomic E-state index is 10.9. The molecule has 90 valence electrons. The van der Waals surface area contributed by atoms with Crippen molar-refractivity contribution in [3.05, 3.63) is 23.8 Å². The average Bonchev–Trinajstić information content (AvgIpc) is 2.28. The molecule has 16 heavy (non-hydrogen) atoms. The highest BCUT2D eigenvalue weighted by molar-refractivity contribution is 7.72. The fourth-order valence-corrected chi connectivity index (χ4v) is 2.23. The molecule has 3 nitrogen and oxygen atoms in total. The Bertz CT molecular complexity index is 416. The van der Waals surface area contributed by atoms with Crippen LogP contribution >= 0.6 is 0 Å². The fraction of sp³-hybridized carbons (Fsp3) is 0.500. The van der Waals surface area contributed by atoms with E-state index in [1.54, 1.807) is 19.2 Å². The largest absolute Gasteiger partial charge is 0.496 e. The second kappa shape index (κ2) is 5.89. The molecule has 1 aromatic rings. The quantitative estimate of drug-likeness (QED) is 0.807. The molecule has 1 aromatic carbocycles. The number of benzene rings is 1. The second-order valence-corrected chi connectivity index (χ2v) is 4.90. The van der Waals surface area contributed by atoms with Crippen molar-refractivity contribution >= 4 is 10.7 Å². The van der Waals surface area contributed by atoms with Gasteiger partial charge in [-0.15, -0.1) is 0 Å². The van der Waals surface area contributed by atoms with Crippen LogP contribution < -0.4 is 4.74 Å². The molecule has 0 bridgehead atoms. The van der Waals surface area contributed by atoms with Gasteiger partial charge in [0.15, 0.2) is 10.7 Å². The lowest BCUT2D eigenvalue weighted by Gasteiger charge is -2.15. The molecular formula is C12H18O3S. The number of methoxy groups -OCH3 is 1. The first-order valence-electron chi connectivity index (χ1n) is 5.42. The van der Waals surface area contributed by atoms with Gasteiger partial charge in [0.25, 0.3) is 0 Å². The number of thiol groups is 1. The molecule has 0 fully saturated rings. The molecule has 0 aliphatic carbocycles. The molecule has 0 spiro atoms. The average molecular weight is 242 g/mol. The van der Waals surface area contributed by atoms with E-state index in [9.17, 15) is 8.42 Å². The minimum Gasteiger partial charge on any atom is -0.496 e. The van der Waals surface area contributed by atoms with Crippen molar-refractivity contribution in [1.82, 2.24) is 0 Å². The first-order valence-corrected chi connectivity index (χ1v) is 6.60. The van der Waals surface area contributed by atoms with E-state index in [0.717, 1.165) is 18.4 Å². The lowest BCUT2D eigenvalue weighted by Crippen LogP contribution is -1.98. The molecule has 0 saturated heterocycles. The smallest absolute Gasteiger partial charge is 0.168 e. The van der Waals surface area contributed by atoms with Gasteiger partial charge in [-0.25, -0.2) is 8.42 Å². The van der Waals surface area contributed by atoms with Crippen LogP contribution in [-0.4, -0.2) is 15.5 Å². The number of rotatable bonds is 5. The molecule has 0 radical (unpaired) electrons. The van der Waals surface area contributed by atoms with Gasteiger partial charge in [-0.05, 0) is 30.0 Å². The molecule has 0 aliphatic heterocycles. The molecule has 0 saturated carbocycles. The highest BCUT2D eigenvalue weighted by Crippen LogP contribution is 2.30. The van der Waals surface area contributed by atoms with Gasteiger partial charge < -0.3 is 4.74 Å². The van der Waals surface area contributed by atoms with Gasteiger partial charge in [0.1, 0.15) is 5.75 Å². The first kappa shape index (κ1) is 13.0. The van der Waals surface area contributed by atoms with Crippen LogP contribution in [0.5, 0.6) is 5.75 Å². The third-order valence-electron chi connectivity index (χ3n) is 2.68. The summed E-state index contributed by atoms with van der Waals surface area (Å²) in [7, 11) is -0.968. The summed E-state index contributed by atoms with van der Waals surface area (Å²) >= 11 is 0. The van der Waals surface area contributed by atoms with E-state index in [4.69, 9.17) is 4.74 Å². The van der Waals surface area contributed by atoms with Crippen molar-refractivity contribution in [2.45, 2.75) is 37.5 Å². The standard InChI is InChI=1S/C12H18O3S/c1-4-5-9(2)11-7-6-10(16(13)14)8-12(11)15-3/h6-9,16H,4-5H2,1-3H3. The van der Waals surface area contributed by atoms with Crippen LogP contribution in [-0.2, 0) is 10.7 Å². The Labute approximate surface area is 98.4 Å². The second-order valence-electron chi connectivity index (χ2n) is 3.87. The molecule has 0 heterocycles. The Balaban J connectivity index is 3.11. The highest BCUT2D eigenvalue weighted by atomic mass is 32.2. The molecule has 0 aromatic heterocycles. The van der Waals surface area contributed by atoms with Gasteiger partial charge in [-0.3, -0.25) is 0 Å². The summed E-state index contributed by atoms with van der Waals surface area (Å²) in [4.78, 5) is 0.305. The van der Waals surface area contributed by atoms with Crippen molar-refractivity contribution < 1.29 is 13.2 Å². The maximum absolute atomic E-state index is 10.9. The molecule has 0 N–H and O–H groups in total. The number of hydrogen-bond acceptors (Lipinski definition) is 3. The van der Waals surface area contributed by atoms with Gasteiger partial charge in [-0.1, -0.05) is 26.3 Å². The van der Waals surface area contributed by atoms with Crippen LogP contribution in [0.15, 0.2) is 23.1 Å². The van der Waals surface area contributed by atoms with E-state index in [2.05, 4.69) is 13.8 Å². The van der Waals surface area contributed by atoms with E-state index in [1.165, 1.54) is 0 Å². The van der Waals surface area contributed by atoms with Crippen molar-refractivity contribution in [3.63, 3.8) is 0 Å². The summed E-state index contributed by atoms with van der Waals surface area (Å²) in [5.74, 6) is 1.05. The summed E-state index contributed by atoms with van der Waals surface area (Å²) < 4.78 is 27.0. The molecule has 1 atom stereocenters. The molecule has 4 heteroatoms. The third-order valence-corrected chi connectivity index (χ3v) is 3.38. The lowest BCUT2D eigenvalue weighted by molar-refractivity contribution is 0.403. The minimum atomic E-state index is -2.54. The molecule has 1 unspecified atom stereocenters. The van der Waals surface area contributed by atoms with E-state index < -0.39 is 10.7 Å². The van der Waals surface area contributed by atoms with Crippen molar-refractivity contribution in [2.75, 3.05) is 7.11 Å². The zero-order valence-corrected chi connectivity index (χ0v) is 10.8. The van der Waals surface area contributed by atoms with E-state index in [-0.39, 0.29) is 0 Å². The number of hydrogen-bond donors (Lipinski definition) is 1. The van der Waals surface area contributed by atoms with E-state index >= 15 is 0 Å². The summed E-state index contributed by atoms with van der Waals surface area (Å²) in [6.07, 6.45) is 2.17. The maximum Gasteiger partial charge on any atom is 0.168 e. The predicted molar refractivity (Wildman–Crippen MR) is 64.9 cm³/mol. The van der Waals surface area contributed by atoms with Gasteiger partial charge in [-0.2, -0.15) is 0 Å². The van der Waals surface area contributed by atoms with Crippen molar-refractivity contribution in [1.29, 1.82) is 0 Å². The zero-order chi connectivity index (χ0) is 12.1. The summed E-state index contributed by atoms with van der Waals surface area (Å²) in [5.41, 5.74) is 1.07. The SMILES string of the molecule is CCCC(C)c1ccc([SH](=O)=O)cc1OC. The van der Waals surface area contributed by atoms with Crippen LogP contribution in [0.1, 0.15) is 38.2 Å². The van der Waals surface area contributed by atoms with Gasteiger partial charge >= 0.3 is 0 Å². The van der Waals surface area contributed by atoms with Gasteiger partial charge in [0, 0.05) is 0 Å². The summed E-state index contributed by atoms with van der Waals surface area (Å²) in [5, 5.41) is 0. The Hall–Kier alpha value is -1.03. The normalized spacial score (nSPS) is 12.8. The highest BCUT2D eigenvalue weighted by Gasteiger charge is 2.11. The van der Waals surface area contributed by atoms with E-state index in [1.807, 2.05) is 6.07 Å². The summed E-state index contributed by atoms with van der Waals surface area (Å²) in [6.45, 7) is 4.25. The fourth-order valence-electron chi connectivity index (χ4n) is 1.81. The topological polar surface area (TPSA) is 43.4 Å². The Kier molecular flexibility index (Phi) is 4.80. The zero-order valence-electron chi connectivity index (χ0n) is 9.90. The third kappa shape index (κ3) is 2.98. The monoisotopic (exact) mass is 242 g/mol. The van der Waals surface area contributed by atoms with Crippen LogP contribution in [0.2, 0.25) is 0 Å². The molecule has 0 aliphatic rings. The predicted octanol–water partition coefficient (Wildman–Crippen LogP) is 2.57. The Morgan fingerprint density at radius 2 is 2.06 bits per heavy atom. The van der Waals surface area contributed by atoms with Crippen LogP contribution in [0.4, 0.5) is 0 Å². The van der Waals surface area contributed by atoms with Crippen LogP contribution in [0, 0.1) is 0 Å². The minimum absolute atomic E-state index is 0.305. The first-order chi connectivity index (χ1) is 7.60. The Morgan fingerprint density at radius 1 is 1.38 bits per heavy atom. The molecule has 0 amide bonds. The van der Waals surface area contributed by atoms with Crippen LogP contribution in [0.3, 0.4) is 0 Å². The van der Waals surface area contributed by atoms with Gasteiger partial charge in [0.2, 0.25) is 0 Å². The van der Waals surface area contributed by atoms with Crippen LogP contribution in [0.25, 0.3) is 0 Å². The van der Waals surface area contributed by atoms with Crippen molar-refractivity contribution in [2.24, 2.45) is 0 Å².